The maximum Gasteiger partial charge on any atom is 0.320 e. The number of nitrogens with zero attached hydrogens (tertiary/aromatic N) is 5. The number of hydrogen-bond acceptors (Lipinski definition) is 6. The van der Waals surface area contributed by atoms with E-state index in [1.54, 1.807) is 29.3 Å². The molecule has 35 heavy (non-hydrogen) atoms. The number of benzene rings is 1. The van der Waals surface area contributed by atoms with Crippen LogP contribution in [0.4, 0.5) is 4.79 Å². The lowest BCUT2D eigenvalue weighted by Gasteiger charge is -2.31. The van der Waals surface area contributed by atoms with E-state index in [0.717, 1.165) is 36.3 Å². The van der Waals surface area contributed by atoms with Gasteiger partial charge in [-0.15, -0.1) is 0 Å². The van der Waals surface area contributed by atoms with E-state index >= 15 is 0 Å². The molecule has 4 heterocycles. The number of aromatic nitrogens is 2. The van der Waals surface area contributed by atoms with Crippen LogP contribution in [0.25, 0.3) is 11.1 Å². The van der Waals surface area contributed by atoms with Gasteiger partial charge in [0.15, 0.2) is 0 Å². The van der Waals surface area contributed by atoms with Gasteiger partial charge in [0.1, 0.15) is 0 Å². The van der Waals surface area contributed by atoms with Crippen LogP contribution in [0.15, 0.2) is 60.9 Å². The van der Waals surface area contributed by atoms with Crippen molar-refractivity contribution in [1.82, 2.24) is 24.7 Å². The smallest absolute Gasteiger partial charge is 0.320 e. The van der Waals surface area contributed by atoms with Crippen molar-refractivity contribution in [2.45, 2.75) is 25.6 Å². The molecule has 0 radical (unpaired) electrons. The first-order chi connectivity index (χ1) is 17.1. The van der Waals surface area contributed by atoms with Crippen LogP contribution in [0.1, 0.15) is 16.8 Å². The molecule has 0 bridgehead atoms. The highest BCUT2D eigenvalue weighted by atomic mass is 16.5. The van der Waals surface area contributed by atoms with E-state index in [0.29, 0.717) is 38.6 Å². The Balaban J connectivity index is 1.12. The lowest BCUT2D eigenvalue weighted by atomic mass is 10.00. The molecule has 2 aromatic heterocycles. The van der Waals surface area contributed by atoms with Crippen LogP contribution >= 0.6 is 0 Å². The van der Waals surface area contributed by atoms with Gasteiger partial charge < -0.3 is 19.6 Å². The first-order valence-electron chi connectivity index (χ1n) is 12.1. The number of carbonyl (C=O) groups excluding carboxylic acids is 1. The van der Waals surface area contributed by atoms with Crippen molar-refractivity contribution in [2.24, 2.45) is 0 Å². The van der Waals surface area contributed by atoms with Crippen LogP contribution in [0.5, 0.6) is 5.88 Å². The van der Waals surface area contributed by atoms with Crippen LogP contribution in [0, 0.1) is 0 Å². The van der Waals surface area contributed by atoms with Gasteiger partial charge in [-0.3, -0.25) is 9.88 Å². The van der Waals surface area contributed by atoms with E-state index in [4.69, 9.17) is 4.74 Å². The van der Waals surface area contributed by atoms with Gasteiger partial charge in [-0.05, 0) is 29.7 Å². The fraction of sp³-hybridized carbons (Fsp3) is 0.370. The summed E-state index contributed by atoms with van der Waals surface area (Å²) >= 11 is 0. The third-order valence-corrected chi connectivity index (χ3v) is 6.75. The van der Waals surface area contributed by atoms with Gasteiger partial charge in [0.05, 0.1) is 25.5 Å². The number of aliphatic hydroxyl groups is 1. The lowest BCUT2D eigenvalue weighted by molar-refractivity contribution is 0.0812. The Morgan fingerprint density at radius 1 is 0.914 bits per heavy atom. The van der Waals surface area contributed by atoms with Crippen molar-refractivity contribution in [2.75, 3.05) is 39.8 Å². The molecule has 0 saturated carbocycles. The summed E-state index contributed by atoms with van der Waals surface area (Å²) < 4.78 is 5.11. The van der Waals surface area contributed by atoms with Crippen molar-refractivity contribution in [3.63, 3.8) is 0 Å². The number of rotatable bonds is 8. The molecule has 2 aliphatic heterocycles. The summed E-state index contributed by atoms with van der Waals surface area (Å²) in [5.41, 5.74) is 5.47. The van der Waals surface area contributed by atoms with E-state index in [1.807, 2.05) is 24.3 Å². The van der Waals surface area contributed by atoms with Gasteiger partial charge in [-0.25, -0.2) is 9.78 Å². The number of hydrogen-bond donors (Lipinski definition) is 1. The molecule has 0 spiro atoms. The summed E-state index contributed by atoms with van der Waals surface area (Å²) in [5.74, 6) is 0.571. The number of ether oxygens (including phenoxy) is 1. The van der Waals surface area contributed by atoms with Gasteiger partial charge in [0.25, 0.3) is 0 Å². The van der Waals surface area contributed by atoms with Crippen LogP contribution in [0.3, 0.4) is 0 Å². The highest BCUT2D eigenvalue weighted by Gasteiger charge is 2.30. The number of carbonyl (C=O) groups is 1. The minimum atomic E-state index is -0.570. The maximum atomic E-state index is 12.9. The number of pyridine rings is 2. The van der Waals surface area contributed by atoms with E-state index < -0.39 is 6.10 Å². The Morgan fingerprint density at radius 3 is 2.37 bits per heavy atom. The van der Waals surface area contributed by atoms with Gasteiger partial charge in [0, 0.05) is 68.9 Å². The summed E-state index contributed by atoms with van der Waals surface area (Å²) in [6.07, 6.45) is 3.99. The van der Waals surface area contributed by atoms with Crippen LogP contribution in [-0.2, 0) is 19.5 Å². The van der Waals surface area contributed by atoms with E-state index in [-0.39, 0.29) is 6.03 Å². The molecule has 2 amide bonds. The quantitative estimate of drug-likeness (QED) is 0.542. The number of β-amino-alcohol motifs (C(OH)–C–C–N with tert-alkyl or cyclic N) is 1. The number of methoxy groups -OCH3 is 1. The molecule has 1 fully saturated rings. The number of amides is 2. The van der Waals surface area contributed by atoms with Crippen LogP contribution in [-0.4, -0.2) is 81.7 Å². The Bertz CT molecular complexity index is 1150. The van der Waals surface area contributed by atoms with Crippen molar-refractivity contribution < 1.29 is 14.6 Å². The van der Waals surface area contributed by atoms with Gasteiger partial charge in [-0.1, -0.05) is 30.3 Å². The van der Waals surface area contributed by atoms with Crippen molar-refractivity contribution in [1.29, 1.82) is 0 Å². The summed E-state index contributed by atoms with van der Waals surface area (Å²) in [7, 11) is 1.59. The maximum absolute atomic E-state index is 12.9. The van der Waals surface area contributed by atoms with Crippen molar-refractivity contribution in [3.8, 4) is 17.0 Å². The molecule has 3 aromatic rings. The highest BCUT2D eigenvalue weighted by Crippen LogP contribution is 2.21. The second-order valence-corrected chi connectivity index (χ2v) is 9.19. The average Bonchev–Trinajstić information content (AvgIpc) is 3.23. The summed E-state index contributed by atoms with van der Waals surface area (Å²) in [6, 6.07) is 16.1. The van der Waals surface area contributed by atoms with Gasteiger partial charge in [0.2, 0.25) is 5.88 Å². The Morgan fingerprint density at radius 2 is 1.66 bits per heavy atom. The zero-order chi connectivity index (χ0) is 24.2. The summed E-state index contributed by atoms with van der Waals surface area (Å²) in [5, 5.41) is 10.7. The molecule has 0 aliphatic carbocycles. The second-order valence-electron chi connectivity index (χ2n) is 9.19. The fourth-order valence-electron chi connectivity index (χ4n) is 4.83. The van der Waals surface area contributed by atoms with E-state index in [1.165, 1.54) is 11.1 Å². The van der Waals surface area contributed by atoms with Crippen LogP contribution in [0.2, 0.25) is 0 Å². The van der Waals surface area contributed by atoms with Crippen molar-refractivity contribution in [3.05, 3.63) is 77.7 Å². The molecule has 1 aromatic carbocycles. The molecule has 1 saturated heterocycles. The molecular formula is C27H31N5O3. The van der Waals surface area contributed by atoms with E-state index in [2.05, 4.69) is 39.1 Å². The monoisotopic (exact) mass is 473 g/mol. The molecular weight excluding hydrogens is 442 g/mol. The third-order valence-electron chi connectivity index (χ3n) is 6.75. The molecule has 1 unspecified atom stereocenters. The predicted molar refractivity (Wildman–Crippen MR) is 133 cm³/mol. The lowest BCUT2D eigenvalue weighted by Crippen LogP contribution is -2.43. The zero-order valence-corrected chi connectivity index (χ0v) is 20.0. The average molecular weight is 474 g/mol. The van der Waals surface area contributed by atoms with E-state index in [9.17, 15) is 9.90 Å². The summed E-state index contributed by atoms with van der Waals surface area (Å²) in [4.78, 5) is 27.5. The highest BCUT2D eigenvalue weighted by molar-refractivity contribution is 5.76. The number of aliphatic hydroxyl groups excluding tert-OH is 1. The largest absolute Gasteiger partial charge is 0.481 e. The third kappa shape index (κ3) is 5.44. The Hall–Kier alpha value is -3.49. The van der Waals surface area contributed by atoms with Crippen molar-refractivity contribution >= 4 is 6.03 Å². The van der Waals surface area contributed by atoms with Crippen LogP contribution < -0.4 is 4.74 Å². The standard InChI is InChI=1S/C27H31N5O3/c1-35-26-9-7-22(15-29-26)21-6-8-24(28-14-21)17-31-12-13-32(27(31)34)19-25(33)18-30-11-10-20-4-2-3-5-23(20)16-30/h2-9,14-15,25,33H,10-13,16-19H2,1H3. The van der Waals surface area contributed by atoms with Gasteiger partial charge in [-0.2, -0.15) is 0 Å². The molecule has 1 atom stereocenters. The predicted octanol–water partition coefficient (Wildman–Crippen LogP) is 2.81. The first-order valence-corrected chi connectivity index (χ1v) is 12.1. The molecule has 1 N–H and O–H groups in total. The molecule has 2 aliphatic rings. The Kier molecular flexibility index (Phi) is 6.92. The minimum absolute atomic E-state index is 0.0433. The fourth-order valence-corrected chi connectivity index (χ4v) is 4.83. The van der Waals surface area contributed by atoms with Gasteiger partial charge >= 0.3 is 6.03 Å². The normalized spacial score (nSPS) is 16.9. The Labute approximate surface area is 205 Å². The first kappa shape index (κ1) is 23.3. The molecule has 5 rings (SSSR count). The molecule has 8 heteroatoms. The topological polar surface area (TPSA) is 82.0 Å². The second kappa shape index (κ2) is 10.4. The number of fused-ring (bicyclic) bond motifs is 1. The zero-order valence-electron chi connectivity index (χ0n) is 20.0. The molecule has 182 valence electrons. The minimum Gasteiger partial charge on any atom is -0.481 e. The molecule has 8 nitrogen and oxygen atoms in total. The SMILES string of the molecule is COc1ccc(-c2ccc(CN3CCN(CC(O)CN4CCc5ccccc5C4)C3=O)nc2)cn1. The summed E-state index contributed by atoms with van der Waals surface area (Å²) in [6.45, 7) is 4.41. The number of urea groups is 1.